The first kappa shape index (κ1) is 14.2. The summed E-state index contributed by atoms with van der Waals surface area (Å²) < 4.78 is 50.2. The van der Waals surface area contributed by atoms with Gasteiger partial charge in [0, 0.05) is 28.9 Å². The van der Waals surface area contributed by atoms with Gasteiger partial charge in [0.15, 0.2) is 15.7 Å². The number of aryl methyl sites for hydroxylation is 1. The molecule has 1 aliphatic heterocycles. The van der Waals surface area contributed by atoms with Crippen LogP contribution in [0.2, 0.25) is 0 Å². The topological polar surface area (TPSA) is 59.1 Å². The summed E-state index contributed by atoms with van der Waals surface area (Å²) in [5.41, 5.74) is 1.18. The van der Waals surface area contributed by atoms with Crippen LogP contribution in [0.4, 0.5) is 14.5 Å². The number of nitrogens with one attached hydrogen (secondary N) is 1. The van der Waals surface area contributed by atoms with Gasteiger partial charge in [-0.2, -0.15) is 0 Å². The van der Waals surface area contributed by atoms with Gasteiger partial charge in [-0.3, -0.25) is 0 Å². The average Bonchev–Trinajstić information content (AvgIpc) is 2.70. The molecule has 3 rings (SSSR count). The Morgan fingerprint density at radius 2 is 2.05 bits per heavy atom. The molecule has 1 aromatic heterocycles. The number of benzene rings is 1. The first-order valence-electron chi connectivity index (χ1n) is 6.57. The second-order valence-corrected chi connectivity index (χ2v) is 7.57. The van der Waals surface area contributed by atoms with E-state index in [4.69, 9.17) is 0 Å². The summed E-state index contributed by atoms with van der Waals surface area (Å²) in [6, 6.07) is 3.42. The highest BCUT2D eigenvalue weighted by molar-refractivity contribution is 7.91. The van der Waals surface area contributed by atoms with E-state index in [0.29, 0.717) is 23.2 Å². The molecule has 1 N–H and O–H groups in total. The van der Waals surface area contributed by atoms with Crippen LogP contribution in [-0.2, 0) is 9.84 Å². The standard InChI is InChI=1S/C14H14F2N2O2S/c1-8-4-13(18-10-2-3-21(19,20)7-10)11-5-9(15)6-12(16)14(11)17-8/h4-6,10H,2-3,7H2,1H3,(H,17,18). The molecular weight excluding hydrogens is 298 g/mol. The lowest BCUT2D eigenvalue weighted by Crippen LogP contribution is -2.21. The maximum Gasteiger partial charge on any atom is 0.152 e. The molecular formula is C14H14F2N2O2S. The molecule has 1 fully saturated rings. The zero-order valence-electron chi connectivity index (χ0n) is 11.4. The molecule has 1 aromatic carbocycles. The van der Waals surface area contributed by atoms with Gasteiger partial charge < -0.3 is 5.32 Å². The summed E-state index contributed by atoms with van der Waals surface area (Å²) in [6.07, 6.45) is 0.489. The second-order valence-electron chi connectivity index (χ2n) is 5.34. The number of hydrogen-bond acceptors (Lipinski definition) is 4. The van der Waals surface area contributed by atoms with Crippen LogP contribution in [0.3, 0.4) is 0 Å². The smallest absolute Gasteiger partial charge is 0.152 e. The molecule has 1 saturated heterocycles. The van der Waals surface area contributed by atoms with Gasteiger partial charge in [0.2, 0.25) is 0 Å². The third kappa shape index (κ3) is 2.83. The predicted octanol–water partition coefficient (Wildman–Crippen LogP) is 2.42. The van der Waals surface area contributed by atoms with Crippen molar-refractivity contribution >= 4 is 26.4 Å². The number of hydrogen-bond donors (Lipinski definition) is 1. The zero-order valence-corrected chi connectivity index (χ0v) is 12.2. The normalized spacial score (nSPS) is 20.8. The largest absolute Gasteiger partial charge is 0.381 e. The van der Waals surface area contributed by atoms with Gasteiger partial charge in [0.05, 0.1) is 11.5 Å². The van der Waals surface area contributed by atoms with Crippen LogP contribution < -0.4 is 5.32 Å². The monoisotopic (exact) mass is 312 g/mol. The molecule has 1 atom stereocenters. The summed E-state index contributed by atoms with van der Waals surface area (Å²) in [5, 5.41) is 3.40. The van der Waals surface area contributed by atoms with E-state index >= 15 is 0 Å². The van der Waals surface area contributed by atoms with Crippen molar-refractivity contribution in [2.75, 3.05) is 16.8 Å². The van der Waals surface area contributed by atoms with E-state index in [-0.39, 0.29) is 23.1 Å². The Morgan fingerprint density at radius 1 is 1.29 bits per heavy atom. The molecule has 21 heavy (non-hydrogen) atoms. The average molecular weight is 312 g/mol. The van der Waals surface area contributed by atoms with Gasteiger partial charge in [-0.05, 0) is 25.5 Å². The minimum atomic E-state index is -3.02. The number of sulfone groups is 1. The lowest BCUT2D eigenvalue weighted by Gasteiger charge is -2.15. The van der Waals surface area contributed by atoms with Crippen molar-refractivity contribution in [2.45, 2.75) is 19.4 Å². The Balaban J connectivity index is 2.06. The maximum absolute atomic E-state index is 13.8. The second kappa shape index (κ2) is 4.91. The molecule has 0 amide bonds. The van der Waals surface area contributed by atoms with Crippen LogP contribution in [0.1, 0.15) is 12.1 Å². The van der Waals surface area contributed by atoms with Crippen molar-refractivity contribution in [3.8, 4) is 0 Å². The number of nitrogens with zero attached hydrogens (tertiary/aromatic N) is 1. The van der Waals surface area contributed by atoms with E-state index < -0.39 is 21.5 Å². The van der Waals surface area contributed by atoms with E-state index in [0.717, 1.165) is 6.07 Å². The van der Waals surface area contributed by atoms with Gasteiger partial charge >= 0.3 is 0 Å². The van der Waals surface area contributed by atoms with Crippen LogP contribution in [0.15, 0.2) is 18.2 Å². The van der Waals surface area contributed by atoms with Gasteiger partial charge in [0.25, 0.3) is 0 Å². The number of rotatable bonds is 2. The van der Waals surface area contributed by atoms with Crippen molar-refractivity contribution in [1.82, 2.24) is 4.98 Å². The van der Waals surface area contributed by atoms with Crippen LogP contribution in [0, 0.1) is 18.6 Å². The molecule has 2 heterocycles. The first-order chi connectivity index (χ1) is 9.84. The van der Waals surface area contributed by atoms with E-state index in [1.54, 1.807) is 13.0 Å². The summed E-state index contributed by atoms with van der Waals surface area (Å²) >= 11 is 0. The van der Waals surface area contributed by atoms with Crippen LogP contribution in [0.5, 0.6) is 0 Å². The quantitative estimate of drug-likeness (QED) is 0.925. The number of halogens is 2. The molecule has 2 aromatic rings. The van der Waals surface area contributed by atoms with Crippen molar-refractivity contribution in [3.63, 3.8) is 0 Å². The van der Waals surface area contributed by atoms with Gasteiger partial charge in [0.1, 0.15) is 11.3 Å². The zero-order chi connectivity index (χ0) is 15.2. The lowest BCUT2D eigenvalue weighted by atomic mass is 10.1. The van der Waals surface area contributed by atoms with Gasteiger partial charge in [-0.25, -0.2) is 22.2 Å². The Hall–Kier alpha value is -1.76. The van der Waals surface area contributed by atoms with E-state index in [1.165, 1.54) is 6.07 Å². The molecule has 0 aliphatic carbocycles. The fourth-order valence-electron chi connectivity index (χ4n) is 2.63. The summed E-state index contributed by atoms with van der Waals surface area (Å²) in [6.45, 7) is 1.71. The Bertz CT molecular complexity index is 821. The fourth-order valence-corrected chi connectivity index (χ4v) is 4.30. The third-order valence-corrected chi connectivity index (χ3v) is 5.32. The number of pyridine rings is 1. The molecule has 0 radical (unpaired) electrons. The molecule has 0 saturated carbocycles. The molecule has 0 spiro atoms. The van der Waals surface area contributed by atoms with Crippen LogP contribution in [0.25, 0.3) is 10.9 Å². The number of fused-ring (bicyclic) bond motifs is 1. The Labute approximate surface area is 121 Å². The minimum Gasteiger partial charge on any atom is -0.381 e. The highest BCUT2D eigenvalue weighted by Crippen LogP contribution is 2.28. The van der Waals surface area contributed by atoms with Gasteiger partial charge in [-0.1, -0.05) is 0 Å². The van der Waals surface area contributed by atoms with Crippen molar-refractivity contribution in [3.05, 3.63) is 35.5 Å². The van der Waals surface area contributed by atoms with Crippen molar-refractivity contribution in [2.24, 2.45) is 0 Å². The predicted molar refractivity (Wildman–Crippen MR) is 77.1 cm³/mol. The minimum absolute atomic E-state index is 0.0354. The Kier molecular flexibility index (Phi) is 3.32. The first-order valence-corrected chi connectivity index (χ1v) is 8.39. The number of anilines is 1. The summed E-state index contributed by atoms with van der Waals surface area (Å²) in [4.78, 5) is 4.08. The highest BCUT2D eigenvalue weighted by atomic mass is 32.2. The Morgan fingerprint density at radius 3 is 2.71 bits per heavy atom. The van der Waals surface area contributed by atoms with E-state index in [1.807, 2.05) is 0 Å². The molecule has 4 nitrogen and oxygen atoms in total. The van der Waals surface area contributed by atoms with Crippen molar-refractivity contribution in [1.29, 1.82) is 0 Å². The van der Waals surface area contributed by atoms with E-state index in [2.05, 4.69) is 10.3 Å². The number of aromatic nitrogens is 1. The molecule has 1 aliphatic rings. The lowest BCUT2D eigenvalue weighted by molar-refractivity contribution is 0.590. The van der Waals surface area contributed by atoms with E-state index in [9.17, 15) is 17.2 Å². The van der Waals surface area contributed by atoms with Gasteiger partial charge in [-0.15, -0.1) is 0 Å². The molecule has 7 heteroatoms. The molecule has 1 unspecified atom stereocenters. The summed E-state index contributed by atoms with van der Waals surface area (Å²) in [7, 11) is -3.02. The molecule has 112 valence electrons. The third-order valence-electron chi connectivity index (χ3n) is 3.55. The van der Waals surface area contributed by atoms with Crippen LogP contribution in [-0.4, -0.2) is 30.9 Å². The highest BCUT2D eigenvalue weighted by Gasteiger charge is 2.28. The maximum atomic E-state index is 13.8. The fraction of sp³-hybridized carbons (Fsp3) is 0.357. The SMILES string of the molecule is Cc1cc(NC2CCS(=O)(=O)C2)c2cc(F)cc(F)c2n1. The van der Waals surface area contributed by atoms with Crippen LogP contribution >= 0.6 is 0 Å². The van der Waals surface area contributed by atoms with Crippen molar-refractivity contribution < 1.29 is 17.2 Å². The molecule has 0 bridgehead atoms. The summed E-state index contributed by atoms with van der Waals surface area (Å²) in [5.74, 6) is -1.24.